The third kappa shape index (κ3) is 4.11. The van der Waals surface area contributed by atoms with Crippen molar-refractivity contribution in [2.24, 2.45) is 0 Å². The van der Waals surface area contributed by atoms with Crippen LogP contribution in [0.2, 0.25) is 5.02 Å². The Balaban J connectivity index is 2.21. The van der Waals surface area contributed by atoms with Gasteiger partial charge in [-0.2, -0.15) is 0 Å². The van der Waals surface area contributed by atoms with Crippen LogP contribution in [-0.4, -0.2) is 32.8 Å². The molecule has 0 N–H and O–H groups in total. The van der Waals surface area contributed by atoms with Crippen LogP contribution in [0.3, 0.4) is 0 Å². The molecule has 0 fully saturated rings. The molecule has 0 unspecified atom stereocenters. The van der Waals surface area contributed by atoms with Gasteiger partial charge in [0.15, 0.2) is 0 Å². The molecule has 0 amide bonds. The van der Waals surface area contributed by atoms with E-state index in [0.29, 0.717) is 15.2 Å². The van der Waals surface area contributed by atoms with E-state index < -0.39 is 16.0 Å². The van der Waals surface area contributed by atoms with Crippen molar-refractivity contribution in [3.63, 3.8) is 0 Å². The lowest BCUT2D eigenvalue weighted by Gasteiger charge is -2.11. The topological polar surface area (TPSA) is 63.7 Å². The van der Waals surface area contributed by atoms with E-state index in [4.69, 9.17) is 16.3 Å². The van der Waals surface area contributed by atoms with Crippen LogP contribution >= 0.6 is 27.5 Å². The highest BCUT2D eigenvalue weighted by Crippen LogP contribution is 2.28. The highest BCUT2D eigenvalue weighted by Gasteiger charge is 2.18. The normalized spacial score (nSPS) is 11.5. The molecular weight excluding hydrogens is 406 g/mol. The van der Waals surface area contributed by atoms with E-state index in [1.165, 1.54) is 38.4 Å². The molecule has 0 aliphatic heterocycles. The molecule has 0 bridgehead atoms. The molecule has 0 atom stereocenters. The number of halogens is 2. The lowest BCUT2D eigenvalue weighted by Crippen LogP contribution is -2.22. The summed E-state index contributed by atoms with van der Waals surface area (Å²) in [6, 6.07) is 10.3. The van der Waals surface area contributed by atoms with Gasteiger partial charge in [0.2, 0.25) is 10.0 Å². The molecule has 0 spiro atoms. The first kappa shape index (κ1) is 17.9. The summed E-state index contributed by atoms with van der Waals surface area (Å²) in [4.78, 5) is 12.2. The third-order valence-corrected chi connectivity index (χ3v) is 5.65. The minimum Gasteiger partial charge on any atom is -0.422 e. The van der Waals surface area contributed by atoms with Crippen molar-refractivity contribution in [1.82, 2.24) is 4.31 Å². The summed E-state index contributed by atoms with van der Waals surface area (Å²) in [7, 11) is -0.651. The quantitative estimate of drug-likeness (QED) is 0.562. The van der Waals surface area contributed by atoms with Crippen molar-refractivity contribution in [3.8, 4) is 5.75 Å². The maximum Gasteiger partial charge on any atom is 0.343 e. The molecule has 0 saturated carbocycles. The average molecular weight is 419 g/mol. The Bertz CT molecular complexity index is 835. The number of esters is 1. The molecule has 5 nitrogen and oxygen atoms in total. The number of hydrogen-bond donors (Lipinski definition) is 0. The molecule has 0 aliphatic rings. The standard InChI is InChI=1S/C15H13BrClNO4S/c1-18(2)23(20,21)12-6-3-10(4-7-12)15(19)22-14-8-5-11(17)9-13(14)16/h3-9H,1-2H3. The number of nitrogens with zero attached hydrogens (tertiary/aromatic N) is 1. The predicted molar refractivity (Wildman–Crippen MR) is 91.4 cm³/mol. The number of benzene rings is 2. The maximum absolute atomic E-state index is 12.1. The van der Waals surface area contributed by atoms with Crippen LogP contribution < -0.4 is 4.74 Å². The first-order chi connectivity index (χ1) is 10.7. The van der Waals surface area contributed by atoms with Gasteiger partial charge < -0.3 is 4.74 Å². The molecule has 2 aromatic carbocycles. The molecule has 0 aromatic heterocycles. The van der Waals surface area contributed by atoms with E-state index in [0.717, 1.165) is 4.31 Å². The minimum absolute atomic E-state index is 0.103. The Kier molecular flexibility index (Phi) is 5.46. The van der Waals surface area contributed by atoms with Crippen LogP contribution in [0.15, 0.2) is 51.8 Å². The summed E-state index contributed by atoms with van der Waals surface area (Å²) in [5, 5.41) is 0.509. The number of carbonyl (C=O) groups is 1. The summed E-state index contributed by atoms with van der Waals surface area (Å²) in [6.45, 7) is 0. The second-order valence-corrected chi connectivity index (χ2v) is 8.22. The van der Waals surface area contributed by atoms with Gasteiger partial charge >= 0.3 is 5.97 Å². The highest BCUT2D eigenvalue weighted by atomic mass is 79.9. The van der Waals surface area contributed by atoms with Crippen molar-refractivity contribution in [2.75, 3.05) is 14.1 Å². The van der Waals surface area contributed by atoms with E-state index >= 15 is 0 Å². The van der Waals surface area contributed by atoms with Crippen molar-refractivity contribution in [3.05, 3.63) is 57.5 Å². The monoisotopic (exact) mass is 417 g/mol. The number of rotatable bonds is 4. The molecule has 2 rings (SSSR count). The Labute approximate surface area is 148 Å². The highest BCUT2D eigenvalue weighted by molar-refractivity contribution is 9.10. The van der Waals surface area contributed by atoms with Gasteiger partial charge in [0.25, 0.3) is 0 Å². The average Bonchev–Trinajstić information content (AvgIpc) is 2.50. The van der Waals surface area contributed by atoms with E-state index in [9.17, 15) is 13.2 Å². The zero-order valence-electron chi connectivity index (χ0n) is 12.3. The molecular formula is C15H13BrClNO4S. The second-order valence-electron chi connectivity index (χ2n) is 4.78. The first-order valence-corrected chi connectivity index (χ1v) is 9.03. The number of hydrogen-bond acceptors (Lipinski definition) is 4. The summed E-state index contributed by atoms with van der Waals surface area (Å²) in [5.41, 5.74) is 0.240. The Morgan fingerprint density at radius 3 is 2.26 bits per heavy atom. The molecule has 122 valence electrons. The van der Waals surface area contributed by atoms with Crippen LogP contribution in [0.25, 0.3) is 0 Å². The minimum atomic E-state index is -3.53. The number of sulfonamides is 1. The zero-order chi connectivity index (χ0) is 17.2. The third-order valence-electron chi connectivity index (χ3n) is 2.97. The molecule has 0 saturated heterocycles. The Morgan fingerprint density at radius 2 is 1.74 bits per heavy atom. The molecule has 23 heavy (non-hydrogen) atoms. The maximum atomic E-state index is 12.1. The lowest BCUT2D eigenvalue weighted by molar-refractivity contribution is 0.0733. The summed E-state index contributed by atoms with van der Waals surface area (Å²) < 4.78 is 30.8. The van der Waals surface area contributed by atoms with Gasteiger partial charge in [0.1, 0.15) is 5.75 Å². The van der Waals surface area contributed by atoms with Crippen LogP contribution in [0.1, 0.15) is 10.4 Å². The fraction of sp³-hybridized carbons (Fsp3) is 0.133. The molecule has 0 heterocycles. The van der Waals surface area contributed by atoms with Gasteiger partial charge in [-0.25, -0.2) is 17.5 Å². The molecule has 8 heteroatoms. The predicted octanol–water partition coefficient (Wildman–Crippen LogP) is 3.57. The van der Waals surface area contributed by atoms with Gasteiger partial charge in [-0.15, -0.1) is 0 Å². The van der Waals surface area contributed by atoms with Crippen LogP contribution in [0, 0.1) is 0 Å². The van der Waals surface area contributed by atoms with E-state index in [1.807, 2.05) is 0 Å². The second kappa shape index (κ2) is 7.00. The molecule has 2 aromatic rings. The van der Waals surface area contributed by atoms with Crippen LogP contribution in [0.5, 0.6) is 5.75 Å². The van der Waals surface area contributed by atoms with Gasteiger partial charge in [-0.3, -0.25) is 0 Å². The van der Waals surface area contributed by atoms with Gasteiger partial charge in [0.05, 0.1) is 14.9 Å². The largest absolute Gasteiger partial charge is 0.422 e. The summed E-state index contributed by atoms with van der Waals surface area (Å²) in [6.07, 6.45) is 0. The number of ether oxygens (including phenoxy) is 1. The van der Waals surface area contributed by atoms with Crippen molar-refractivity contribution < 1.29 is 17.9 Å². The van der Waals surface area contributed by atoms with Gasteiger partial charge in [0, 0.05) is 19.1 Å². The van der Waals surface area contributed by atoms with Crippen molar-refractivity contribution >= 4 is 43.5 Å². The Hall–Kier alpha value is -1.41. The zero-order valence-corrected chi connectivity index (χ0v) is 15.4. The van der Waals surface area contributed by atoms with Gasteiger partial charge in [-0.1, -0.05) is 11.6 Å². The summed E-state index contributed by atoms with van der Waals surface area (Å²) in [5.74, 6) is -0.272. The van der Waals surface area contributed by atoms with E-state index in [1.54, 1.807) is 18.2 Å². The molecule has 0 radical (unpaired) electrons. The first-order valence-electron chi connectivity index (χ1n) is 6.41. The lowest BCUT2D eigenvalue weighted by atomic mass is 10.2. The molecule has 0 aliphatic carbocycles. The fourth-order valence-electron chi connectivity index (χ4n) is 1.69. The van der Waals surface area contributed by atoms with Crippen LogP contribution in [-0.2, 0) is 10.0 Å². The smallest absolute Gasteiger partial charge is 0.343 e. The number of carbonyl (C=O) groups excluding carboxylic acids is 1. The van der Waals surface area contributed by atoms with Crippen molar-refractivity contribution in [1.29, 1.82) is 0 Å². The Morgan fingerprint density at radius 1 is 1.13 bits per heavy atom. The van der Waals surface area contributed by atoms with Crippen molar-refractivity contribution in [2.45, 2.75) is 4.90 Å². The fourth-order valence-corrected chi connectivity index (χ4v) is 3.36. The van der Waals surface area contributed by atoms with Crippen LogP contribution in [0.4, 0.5) is 0 Å². The van der Waals surface area contributed by atoms with E-state index in [2.05, 4.69) is 15.9 Å². The SMILES string of the molecule is CN(C)S(=O)(=O)c1ccc(C(=O)Oc2ccc(Cl)cc2Br)cc1. The summed E-state index contributed by atoms with van der Waals surface area (Å²) >= 11 is 9.08. The van der Waals surface area contributed by atoms with E-state index in [-0.39, 0.29) is 10.5 Å². The van der Waals surface area contributed by atoms with Gasteiger partial charge in [-0.05, 0) is 58.4 Å².